The van der Waals surface area contributed by atoms with Crippen molar-refractivity contribution in [2.45, 2.75) is 37.4 Å². The van der Waals surface area contributed by atoms with Gasteiger partial charge in [0.05, 0.1) is 5.56 Å². The summed E-state index contributed by atoms with van der Waals surface area (Å²) in [5, 5.41) is 10.2. The molecular formula is C17H18Cl2O3. The number of halogens is 2. The van der Waals surface area contributed by atoms with E-state index in [0.717, 1.165) is 12.0 Å². The highest BCUT2D eigenvalue weighted by molar-refractivity contribution is 6.44. The number of hydrogen-bond donors (Lipinski definition) is 1. The van der Waals surface area contributed by atoms with E-state index in [2.05, 4.69) is 0 Å². The molecule has 3 nitrogen and oxygen atoms in total. The minimum Gasteiger partial charge on any atom is -0.507 e. The number of benzene rings is 1. The maximum atomic E-state index is 12.0. The monoisotopic (exact) mass is 340 g/mol. The number of rotatable bonds is 6. The van der Waals surface area contributed by atoms with Crippen molar-refractivity contribution in [3.8, 4) is 5.75 Å². The molecular weight excluding hydrogens is 323 g/mol. The number of alkyl halides is 2. The highest BCUT2D eigenvalue weighted by atomic mass is 35.5. The molecule has 0 saturated heterocycles. The second kappa shape index (κ2) is 7.70. The van der Waals surface area contributed by atoms with Gasteiger partial charge in [-0.15, -0.1) is 23.2 Å². The van der Waals surface area contributed by atoms with Crippen molar-refractivity contribution in [2.24, 2.45) is 0 Å². The predicted octanol–water partition coefficient (Wildman–Crippen LogP) is 4.18. The van der Waals surface area contributed by atoms with Gasteiger partial charge in [0.25, 0.3) is 0 Å². The van der Waals surface area contributed by atoms with Crippen molar-refractivity contribution in [1.82, 2.24) is 0 Å². The van der Waals surface area contributed by atoms with Crippen molar-refractivity contribution in [3.63, 3.8) is 0 Å². The molecule has 0 aliphatic rings. The Bertz CT molecular complexity index is 678. The fraction of sp³-hybridized carbons (Fsp3) is 0.353. The molecule has 1 heterocycles. The fourth-order valence-electron chi connectivity index (χ4n) is 2.32. The topological polar surface area (TPSA) is 50.4 Å². The SMILES string of the molecule is Cc1c(CCc2ccccc2)oc(=O)c(CCC(Cl)Cl)c1O. The first kappa shape index (κ1) is 16.9. The average Bonchev–Trinajstić information content (AvgIpc) is 2.50. The summed E-state index contributed by atoms with van der Waals surface area (Å²) in [5.41, 5.74) is 1.49. The Morgan fingerprint density at radius 2 is 1.82 bits per heavy atom. The van der Waals surface area contributed by atoms with E-state index in [9.17, 15) is 9.90 Å². The van der Waals surface area contributed by atoms with Gasteiger partial charge in [-0.1, -0.05) is 30.3 Å². The van der Waals surface area contributed by atoms with E-state index in [1.165, 1.54) is 0 Å². The van der Waals surface area contributed by atoms with E-state index in [1.54, 1.807) is 6.92 Å². The summed E-state index contributed by atoms with van der Waals surface area (Å²) >= 11 is 11.3. The third-order valence-electron chi connectivity index (χ3n) is 3.62. The van der Waals surface area contributed by atoms with Crippen LogP contribution in [0, 0.1) is 6.92 Å². The van der Waals surface area contributed by atoms with Gasteiger partial charge in [0.15, 0.2) is 0 Å². The van der Waals surface area contributed by atoms with Gasteiger partial charge in [-0.3, -0.25) is 0 Å². The zero-order valence-electron chi connectivity index (χ0n) is 12.3. The summed E-state index contributed by atoms with van der Waals surface area (Å²) < 4.78 is 5.37. The summed E-state index contributed by atoms with van der Waals surface area (Å²) in [4.78, 5) is 11.5. The lowest BCUT2D eigenvalue weighted by Gasteiger charge is -2.10. The molecule has 0 aliphatic heterocycles. The lowest BCUT2D eigenvalue weighted by molar-refractivity contribution is 0.404. The van der Waals surface area contributed by atoms with Crippen molar-refractivity contribution < 1.29 is 9.52 Å². The maximum Gasteiger partial charge on any atom is 0.342 e. The first-order chi connectivity index (χ1) is 10.5. The van der Waals surface area contributed by atoms with Gasteiger partial charge in [0.1, 0.15) is 16.3 Å². The van der Waals surface area contributed by atoms with Crippen molar-refractivity contribution in [3.05, 3.63) is 63.2 Å². The second-order valence-corrected chi connectivity index (χ2v) is 6.46. The highest BCUT2D eigenvalue weighted by Gasteiger charge is 2.17. The van der Waals surface area contributed by atoms with Crippen LogP contribution in [0.4, 0.5) is 0 Å². The van der Waals surface area contributed by atoms with Crippen LogP contribution in [0.25, 0.3) is 0 Å². The van der Waals surface area contributed by atoms with Crippen LogP contribution in [-0.4, -0.2) is 9.94 Å². The molecule has 0 fully saturated rings. The first-order valence-electron chi connectivity index (χ1n) is 7.15. The number of aromatic hydroxyl groups is 1. The maximum absolute atomic E-state index is 12.0. The van der Waals surface area contributed by atoms with Crippen LogP contribution in [-0.2, 0) is 19.3 Å². The van der Waals surface area contributed by atoms with Gasteiger partial charge in [-0.25, -0.2) is 4.79 Å². The molecule has 0 bridgehead atoms. The molecule has 118 valence electrons. The molecule has 1 aromatic heterocycles. The zero-order chi connectivity index (χ0) is 16.1. The average molecular weight is 341 g/mol. The van der Waals surface area contributed by atoms with Crippen LogP contribution < -0.4 is 5.63 Å². The minimum atomic E-state index is -0.572. The van der Waals surface area contributed by atoms with E-state index in [4.69, 9.17) is 27.6 Å². The Kier molecular flexibility index (Phi) is 5.92. The van der Waals surface area contributed by atoms with Gasteiger partial charge >= 0.3 is 5.63 Å². The summed E-state index contributed by atoms with van der Waals surface area (Å²) in [7, 11) is 0. The molecule has 0 atom stereocenters. The molecule has 22 heavy (non-hydrogen) atoms. The Morgan fingerprint density at radius 3 is 2.45 bits per heavy atom. The Labute approximate surface area is 139 Å². The highest BCUT2D eigenvalue weighted by Crippen LogP contribution is 2.25. The van der Waals surface area contributed by atoms with Crippen LogP contribution in [0.15, 0.2) is 39.5 Å². The standard InChI is InChI=1S/C17H18Cl2O3/c1-11-14(9-7-12-5-3-2-4-6-12)22-17(21)13(16(11)20)8-10-15(18)19/h2-6,15,20H,7-10H2,1H3. The molecule has 0 unspecified atom stereocenters. The molecule has 2 aromatic rings. The zero-order valence-corrected chi connectivity index (χ0v) is 13.8. The number of hydrogen-bond acceptors (Lipinski definition) is 3. The fourth-order valence-corrected chi connectivity index (χ4v) is 2.54. The smallest absolute Gasteiger partial charge is 0.342 e. The Balaban J connectivity index is 2.18. The first-order valence-corrected chi connectivity index (χ1v) is 8.02. The van der Waals surface area contributed by atoms with Crippen molar-refractivity contribution in [1.29, 1.82) is 0 Å². The Morgan fingerprint density at radius 1 is 1.14 bits per heavy atom. The van der Waals surface area contributed by atoms with Crippen LogP contribution in [0.2, 0.25) is 0 Å². The summed E-state index contributed by atoms with van der Waals surface area (Å²) in [6, 6.07) is 9.92. The van der Waals surface area contributed by atoms with Gasteiger partial charge < -0.3 is 9.52 Å². The molecule has 0 radical (unpaired) electrons. The lowest BCUT2D eigenvalue weighted by Crippen LogP contribution is -2.12. The third-order valence-corrected chi connectivity index (χ3v) is 4.05. The largest absolute Gasteiger partial charge is 0.507 e. The van der Waals surface area contributed by atoms with E-state index >= 15 is 0 Å². The van der Waals surface area contributed by atoms with Crippen LogP contribution in [0.3, 0.4) is 0 Å². The molecule has 2 rings (SSSR count). The molecule has 0 saturated carbocycles. The van der Waals surface area contributed by atoms with Crippen LogP contribution in [0.1, 0.15) is 28.9 Å². The molecule has 0 amide bonds. The van der Waals surface area contributed by atoms with E-state index in [1.807, 2.05) is 30.3 Å². The van der Waals surface area contributed by atoms with Crippen molar-refractivity contribution in [2.75, 3.05) is 0 Å². The third kappa shape index (κ3) is 4.28. The van der Waals surface area contributed by atoms with E-state index in [-0.39, 0.29) is 11.3 Å². The van der Waals surface area contributed by atoms with Gasteiger partial charge in [-0.2, -0.15) is 0 Å². The van der Waals surface area contributed by atoms with Crippen molar-refractivity contribution >= 4 is 23.2 Å². The summed E-state index contributed by atoms with van der Waals surface area (Å²) in [6.45, 7) is 1.75. The van der Waals surface area contributed by atoms with Crippen LogP contribution in [0.5, 0.6) is 5.75 Å². The van der Waals surface area contributed by atoms with Gasteiger partial charge in [-0.05, 0) is 31.7 Å². The second-order valence-electron chi connectivity index (χ2n) is 5.18. The molecule has 0 spiro atoms. The molecule has 1 aromatic carbocycles. The summed E-state index contributed by atoms with van der Waals surface area (Å²) in [6.07, 6.45) is 2.00. The molecule has 1 N–H and O–H groups in total. The predicted molar refractivity (Wildman–Crippen MR) is 89.0 cm³/mol. The molecule has 5 heteroatoms. The Hall–Kier alpha value is -1.45. The quantitative estimate of drug-likeness (QED) is 0.802. The lowest BCUT2D eigenvalue weighted by atomic mass is 10.0. The number of aryl methyl sites for hydroxylation is 2. The minimum absolute atomic E-state index is 0.00621. The van der Waals surface area contributed by atoms with Crippen LogP contribution >= 0.6 is 23.2 Å². The summed E-state index contributed by atoms with van der Waals surface area (Å²) in [5.74, 6) is 0.511. The normalized spacial score (nSPS) is 11.1. The molecule has 0 aliphatic carbocycles. The van der Waals surface area contributed by atoms with E-state index < -0.39 is 10.5 Å². The van der Waals surface area contributed by atoms with E-state index in [0.29, 0.717) is 30.6 Å². The van der Waals surface area contributed by atoms with Gasteiger partial charge in [0.2, 0.25) is 0 Å². The van der Waals surface area contributed by atoms with Gasteiger partial charge in [0, 0.05) is 12.0 Å².